The van der Waals surface area contributed by atoms with Crippen molar-refractivity contribution < 1.29 is 9.53 Å². The minimum Gasteiger partial charge on any atom is -0.487 e. The number of ether oxygens (including phenoxy) is 1. The molecule has 34 heavy (non-hydrogen) atoms. The lowest BCUT2D eigenvalue weighted by Crippen LogP contribution is -2.15. The van der Waals surface area contributed by atoms with Gasteiger partial charge in [0.2, 0.25) is 0 Å². The number of hydrogen-bond donors (Lipinski definition) is 2. The third-order valence-electron chi connectivity index (χ3n) is 7.13. The third-order valence-corrected chi connectivity index (χ3v) is 7.13. The minimum atomic E-state index is 0.0129. The van der Waals surface area contributed by atoms with Gasteiger partial charge in [0, 0.05) is 66.5 Å². The number of hydrogen-bond acceptors (Lipinski definition) is 4. The van der Waals surface area contributed by atoms with Crippen LogP contribution in [0.15, 0.2) is 36.7 Å². The van der Waals surface area contributed by atoms with Crippen LogP contribution >= 0.6 is 0 Å². The van der Waals surface area contributed by atoms with Crippen molar-refractivity contribution in [3.05, 3.63) is 59.1 Å². The molecule has 2 aromatic heterocycles. The van der Waals surface area contributed by atoms with E-state index in [1.54, 1.807) is 0 Å². The molecule has 0 bridgehead atoms. The average molecular weight is 456 g/mol. The van der Waals surface area contributed by atoms with Crippen molar-refractivity contribution in [2.75, 3.05) is 13.7 Å². The van der Waals surface area contributed by atoms with Gasteiger partial charge in [0.05, 0.1) is 16.8 Å². The Bertz CT molecular complexity index is 1510. The van der Waals surface area contributed by atoms with E-state index in [9.17, 15) is 4.79 Å². The van der Waals surface area contributed by atoms with Crippen LogP contribution in [0.2, 0.25) is 0 Å². The van der Waals surface area contributed by atoms with Crippen LogP contribution in [0.3, 0.4) is 0 Å². The van der Waals surface area contributed by atoms with Gasteiger partial charge in [-0.15, -0.1) is 0 Å². The summed E-state index contributed by atoms with van der Waals surface area (Å²) in [5, 5.41) is 13.1. The van der Waals surface area contributed by atoms with Gasteiger partial charge in [-0.05, 0) is 48.6 Å². The van der Waals surface area contributed by atoms with Gasteiger partial charge in [0.15, 0.2) is 0 Å². The molecule has 0 unspecified atom stereocenters. The summed E-state index contributed by atoms with van der Waals surface area (Å²) >= 11 is 0. The standard InChI is InChI=1S/C27H29N5O2/c1-5-10-32-22-9-6-16(34-14-15(2)28-3)11-18(22)24-19-12-29-27(33)25(19)23-17(26(24)32)7-8-21-20(23)13-31(4)30-21/h6,9,11,13,28H,2,5,7-8,10,12,14H2,1,3-4H3,(H,29,33). The molecule has 1 aliphatic carbocycles. The number of fused-ring (bicyclic) bond motifs is 10. The fourth-order valence-corrected chi connectivity index (χ4v) is 5.68. The highest BCUT2D eigenvalue weighted by molar-refractivity contribution is 6.19. The highest BCUT2D eigenvalue weighted by atomic mass is 16.5. The molecule has 0 atom stereocenters. The average Bonchev–Trinajstić information content (AvgIpc) is 3.50. The number of carbonyl (C=O) groups excluding carboxylic acids is 1. The molecule has 174 valence electrons. The molecular formula is C27H29N5O2. The maximum atomic E-state index is 13.2. The fourth-order valence-electron chi connectivity index (χ4n) is 5.68. The molecule has 0 fully saturated rings. The number of aryl methyl sites for hydroxylation is 4. The first-order valence-corrected chi connectivity index (χ1v) is 11.9. The van der Waals surface area contributed by atoms with Crippen LogP contribution in [0.4, 0.5) is 0 Å². The second kappa shape index (κ2) is 7.65. The van der Waals surface area contributed by atoms with Crippen LogP contribution in [0.25, 0.3) is 32.9 Å². The van der Waals surface area contributed by atoms with E-state index >= 15 is 0 Å². The number of amides is 1. The Morgan fingerprint density at radius 3 is 2.91 bits per heavy atom. The van der Waals surface area contributed by atoms with E-state index in [-0.39, 0.29) is 5.91 Å². The van der Waals surface area contributed by atoms with Crippen LogP contribution in [0.5, 0.6) is 5.75 Å². The van der Waals surface area contributed by atoms with E-state index in [4.69, 9.17) is 4.74 Å². The highest BCUT2D eigenvalue weighted by Crippen LogP contribution is 2.47. The van der Waals surface area contributed by atoms with Crippen molar-refractivity contribution in [2.45, 2.75) is 39.3 Å². The fraction of sp³-hybridized carbons (Fsp3) is 0.333. The van der Waals surface area contributed by atoms with Crippen molar-refractivity contribution in [2.24, 2.45) is 7.05 Å². The van der Waals surface area contributed by atoms with Crippen LogP contribution < -0.4 is 15.4 Å². The normalized spacial score (nSPS) is 14.1. The molecule has 1 amide bonds. The smallest absolute Gasteiger partial charge is 0.252 e. The molecule has 2 N–H and O–H groups in total. The first-order valence-electron chi connectivity index (χ1n) is 11.9. The maximum absolute atomic E-state index is 13.2. The van der Waals surface area contributed by atoms with E-state index in [1.807, 2.05) is 24.8 Å². The number of benzene rings is 2. The van der Waals surface area contributed by atoms with Crippen LogP contribution in [-0.4, -0.2) is 33.9 Å². The minimum absolute atomic E-state index is 0.0129. The van der Waals surface area contributed by atoms with Crippen molar-refractivity contribution in [1.82, 2.24) is 25.0 Å². The summed E-state index contributed by atoms with van der Waals surface area (Å²) in [5.74, 6) is 0.816. The Kier molecular flexibility index (Phi) is 4.69. The van der Waals surface area contributed by atoms with Crippen LogP contribution in [0, 0.1) is 0 Å². The molecule has 7 heteroatoms. The van der Waals surface area contributed by atoms with Crippen molar-refractivity contribution in [1.29, 1.82) is 0 Å². The number of rotatable bonds is 6. The Labute approximate surface area is 198 Å². The summed E-state index contributed by atoms with van der Waals surface area (Å²) < 4.78 is 10.3. The topological polar surface area (TPSA) is 73.1 Å². The van der Waals surface area contributed by atoms with Gasteiger partial charge in [-0.25, -0.2) is 0 Å². The molecule has 0 spiro atoms. The van der Waals surface area contributed by atoms with E-state index < -0.39 is 0 Å². The number of nitrogens with one attached hydrogen (secondary N) is 2. The predicted octanol–water partition coefficient (Wildman–Crippen LogP) is 4.06. The van der Waals surface area contributed by atoms with Gasteiger partial charge in [0.25, 0.3) is 5.91 Å². The summed E-state index contributed by atoms with van der Waals surface area (Å²) in [6.45, 7) is 8.04. The zero-order valence-corrected chi connectivity index (χ0v) is 19.9. The van der Waals surface area contributed by atoms with Gasteiger partial charge in [-0.3, -0.25) is 9.48 Å². The number of aromatic nitrogens is 3. The number of nitrogens with zero attached hydrogens (tertiary/aromatic N) is 3. The molecule has 0 radical (unpaired) electrons. The lowest BCUT2D eigenvalue weighted by molar-refractivity contribution is 0.0966. The molecule has 3 heterocycles. The first-order chi connectivity index (χ1) is 16.5. The molecule has 0 saturated carbocycles. The lowest BCUT2D eigenvalue weighted by Gasteiger charge is -2.21. The quantitative estimate of drug-likeness (QED) is 0.460. The molecule has 7 nitrogen and oxygen atoms in total. The molecule has 4 aromatic rings. The molecular weight excluding hydrogens is 426 g/mol. The van der Waals surface area contributed by atoms with E-state index in [0.29, 0.717) is 13.2 Å². The monoisotopic (exact) mass is 455 g/mol. The summed E-state index contributed by atoms with van der Waals surface area (Å²) in [4.78, 5) is 13.2. The van der Waals surface area contributed by atoms with E-state index in [0.717, 1.165) is 70.6 Å². The van der Waals surface area contributed by atoms with Gasteiger partial charge >= 0.3 is 0 Å². The van der Waals surface area contributed by atoms with Gasteiger partial charge in [-0.2, -0.15) is 5.10 Å². The summed E-state index contributed by atoms with van der Waals surface area (Å²) in [6, 6.07) is 6.32. The van der Waals surface area contributed by atoms with E-state index in [2.05, 4.69) is 52.1 Å². The predicted molar refractivity (Wildman–Crippen MR) is 134 cm³/mol. The molecule has 1 aliphatic heterocycles. The summed E-state index contributed by atoms with van der Waals surface area (Å²) in [7, 11) is 3.80. The second-order valence-corrected chi connectivity index (χ2v) is 9.25. The maximum Gasteiger partial charge on any atom is 0.252 e. The Balaban J connectivity index is 1.69. The molecule has 6 rings (SSSR count). The van der Waals surface area contributed by atoms with Crippen LogP contribution in [0.1, 0.15) is 40.5 Å². The summed E-state index contributed by atoms with van der Waals surface area (Å²) in [6.07, 6.45) is 4.85. The lowest BCUT2D eigenvalue weighted by atomic mass is 9.82. The van der Waals surface area contributed by atoms with E-state index in [1.165, 1.54) is 22.0 Å². The van der Waals surface area contributed by atoms with Crippen molar-refractivity contribution in [3.63, 3.8) is 0 Å². The number of likely N-dealkylation sites (N-methyl/N-ethyl adjacent to an activating group) is 1. The van der Waals surface area contributed by atoms with Gasteiger partial charge < -0.3 is 19.9 Å². The number of carbonyl (C=O) groups is 1. The Morgan fingerprint density at radius 2 is 2.12 bits per heavy atom. The van der Waals surface area contributed by atoms with Crippen molar-refractivity contribution >= 4 is 27.7 Å². The Morgan fingerprint density at radius 1 is 1.26 bits per heavy atom. The molecule has 2 aromatic carbocycles. The second-order valence-electron chi connectivity index (χ2n) is 9.25. The molecule has 2 aliphatic rings. The molecule has 0 saturated heterocycles. The highest BCUT2D eigenvalue weighted by Gasteiger charge is 2.35. The first kappa shape index (κ1) is 20.8. The van der Waals surface area contributed by atoms with Crippen LogP contribution in [-0.2, 0) is 33.0 Å². The largest absolute Gasteiger partial charge is 0.487 e. The van der Waals surface area contributed by atoms with Gasteiger partial charge in [0.1, 0.15) is 12.4 Å². The zero-order chi connectivity index (χ0) is 23.6. The van der Waals surface area contributed by atoms with Gasteiger partial charge in [-0.1, -0.05) is 13.5 Å². The third kappa shape index (κ3) is 2.89. The SMILES string of the molecule is C=C(COc1ccc2c(c1)c1c3c(c4c(c1n2CCC)CCc1nn(C)cc1-4)C(=O)NC3)NC. The summed E-state index contributed by atoms with van der Waals surface area (Å²) in [5.41, 5.74) is 9.70. The zero-order valence-electron chi connectivity index (χ0n) is 19.9. The Hall–Kier alpha value is -3.74. The van der Waals surface area contributed by atoms with Crippen molar-refractivity contribution in [3.8, 4) is 16.9 Å².